The maximum absolute atomic E-state index is 5.93. The van der Waals surface area contributed by atoms with Crippen molar-refractivity contribution in [1.29, 1.82) is 0 Å². The molecule has 3 rings (SSSR count). The number of benzene rings is 2. The largest absolute Gasteiger partial charge is 0.432 e. The number of nitrogens with zero attached hydrogens (tertiary/aromatic N) is 2. The smallest absolute Gasteiger partial charge is 0.269 e. The molecule has 32 heavy (non-hydrogen) atoms. The monoisotopic (exact) mass is 467 g/mol. The van der Waals surface area contributed by atoms with Crippen molar-refractivity contribution in [3.05, 3.63) is 76.5 Å². The highest BCUT2D eigenvalue weighted by Crippen LogP contribution is 2.25. The summed E-state index contributed by atoms with van der Waals surface area (Å²) in [6.45, 7) is 9.39. The zero-order chi connectivity index (χ0) is 23.1. The Labute approximate surface area is 201 Å². The van der Waals surface area contributed by atoms with Crippen LogP contribution in [0.5, 0.6) is 5.75 Å². The average Bonchev–Trinajstić information content (AvgIpc) is 3.26. The highest BCUT2D eigenvalue weighted by molar-refractivity contribution is 7.80. The van der Waals surface area contributed by atoms with Crippen LogP contribution in [-0.4, -0.2) is 37.3 Å². The molecule has 0 unspecified atom stereocenters. The van der Waals surface area contributed by atoms with Crippen molar-refractivity contribution >= 4 is 40.1 Å². The lowest BCUT2D eigenvalue weighted by atomic mass is 9.87. The molecule has 0 saturated carbocycles. The van der Waals surface area contributed by atoms with Gasteiger partial charge in [0.25, 0.3) is 5.17 Å². The van der Waals surface area contributed by atoms with Crippen LogP contribution in [0.4, 0.5) is 11.4 Å². The zero-order valence-electron chi connectivity index (χ0n) is 19.6. The standard InChI is InChI=1S/C26H33N3OS2/c1-26(2,3)21-9-11-24(12-10-21)30-25(31)29(5)23-8-6-7-22(17-23)27-14-15-28(4)18-20-13-16-32-19-20/h6-13,16-17,19,27H,14-15,18H2,1-5H3. The minimum atomic E-state index is 0.113. The van der Waals surface area contributed by atoms with E-state index in [0.29, 0.717) is 5.17 Å². The molecule has 3 aromatic rings. The van der Waals surface area contributed by atoms with Crippen LogP contribution in [0.25, 0.3) is 0 Å². The molecule has 0 aliphatic rings. The Bertz CT molecular complexity index is 995. The molecule has 4 nitrogen and oxygen atoms in total. The van der Waals surface area contributed by atoms with Gasteiger partial charge in [-0.3, -0.25) is 0 Å². The number of nitrogens with one attached hydrogen (secondary N) is 1. The fourth-order valence-electron chi connectivity index (χ4n) is 3.29. The molecule has 1 N–H and O–H groups in total. The maximum atomic E-state index is 5.93. The van der Waals surface area contributed by atoms with E-state index in [4.69, 9.17) is 17.0 Å². The summed E-state index contributed by atoms with van der Waals surface area (Å²) in [6.07, 6.45) is 0. The van der Waals surface area contributed by atoms with Gasteiger partial charge in [0, 0.05) is 38.1 Å². The predicted molar refractivity (Wildman–Crippen MR) is 142 cm³/mol. The molecule has 1 heterocycles. The normalized spacial score (nSPS) is 11.4. The quantitative estimate of drug-likeness (QED) is 0.388. The first-order valence-electron chi connectivity index (χ1n) is 10.8. The van der Waals surface area contributed by atoms with E-state index in [1.54, 1.807) is 11.3 Å². The molecule has 0 fully saturated rings. The van der Waals surface area contributed by atoms with Gasteiger partial charge in [0.1, 0.15) is 5.75 Å². The molecular weight excluding hydrogens is 434 g/mol. The van der Waals surface area contributed by atoms with E-state index in [-0.39, 0.29) is 5.41 Å². The molecule has 0 spiro atoms. The Morgan fingerprint density at radius 3 is 2.47 bits per heavy atom. The summed E-state index contributed by atoms with van der Waals surface area (Å²) in [5.74, 6) is 0.748. The van der Waals surface area contributed by atoms with Gasteiger partial charge in [-0.1, -0.05) is 39.0 Å². The zero-order valence-corrected chi connectivity index (χ0v) is 21.2. The molecule has 0 aliphatic heterocycles. The third kappa shape index (κ3) is 7.05. The first-order chi connectivity index (χ1) is 15.2. The van der Waals surface area contributed by atoms with Gasteiger partial charge >= 0.3 is 0 Å². The number of rotatable bonds is 8. The topological polar surface area (TPSA) is 27.7 Å². The van der Waals surface area contributed by atoms with Crippen LogP contribution < -0.4 is 15.0 Å². The van der Waals surface area contributed by atoms with Crippen LogP contribution in [-0.2, 0) is 12.0 Å². The number of anilines is 2. The third-order valence-corrected chi connectivity index (χ3v) is 6.38. The average molecular weight is 468 g/mol. The van der Waals surface area contributed by atoms with Crippen molar-refractivity contribution in [1.82, 2.24) is 4.90 Å². The van der Waals surface area contributed by atoms with Crippen molar-refractivity contribution in [3.8, 4) is 5.75 Å². The van der Waals surface area contributed by atoms with E-state index >= 15 is 0 Å². The minimum Gasteiger partial charge on any atom is -0.432 e. The van der Waals surface area contributed by atoms with Gasteiger partial charge in [0.15, 0.2) is 0 Å². The van der Waals surface area contributed by atoms with Crippen LogP contribution >= 0.6 is 23.6 Å². The molecule has 0 bridgehead atoms. The number of hydrogen-bond acceptors (Lipinski definition) is 5. The van der Waals surface area contributed by atoms with E-state index in [9.17, 15) is 0 Å². The molecule has 0 amide bonds. The van der Waals surface area contributed by atoms with E-state index in [1.807, 2.05) is 36.2 Å². The van der Waals surface area contributed by atoms with Crippen LogP contribution in [0.2, 0.25) is 0 Å². The molecular formula is C26H33N3OS2. The van der Waals surface area contributed by atoms with Crippen molar-refractivity contribution in [2.75, 3.05) is 37.4 Å². The Morgan fingerprint density at radius 2 is 1.81 bits per heavy atom. The first kappa shape index (κ1) is 24.2. The van der Waals surface area contributed by atoms with Crippen LogP contribution in [0, 0.1) is 0 Å². The molecule has 0 aliphatic carbocycles. The van der Waals surface area contributed by atoms with Gasteiger partial charge in [-0.15, -0.1) is 0 Å². The molecule has 0 radical (unpaired) electrons. The molecule has 1 aromatic heterocycles. The summed E-state index contributed by atoms with van der Waals surface area (Å²) in [7, 11) is 4.08. The maximum Gasteiger partial charge on any atom is 0.269 e. The van der Waals surface area contributed by atoms with Crippen molar-refractivity contribution < 1.29 is 4.74 Å². The van der Waals surface area contributed by atoms with Crippen molar-refractivity contribution in [3.63, 3.8) is 0 Å². The van der Waals surface area contributed by atoms with Gasteiger partial charge < -0.3 is 19.9 Å². The minimum absolute atomic E-state index is 0.113. The Hall–Kier alpha value is -2.41. The first-order valence-corrected chi connectivity index (χ1v) is 12.2. The van der Waals surface area contributed by atoms with Gasteiger partial charge in [-0.05, 0) is 83.0 Å². The van der Waals surface area contributed by atoms with Gasteiger partial charge in [-0.25, -0.2) is 0 Å². The van der Waals surface area contributed by atoms with E-state index < -0.39 is 0 Å². The Balaban J connectivity index is 1.52. The number of thiocarbonyl (C=S) groups is 1. The number of likely N-dealkylation sites (N-methyl/N-ethyl adjacent to an activating group) is 1. The highest BCUT2D eigenvalue weighted by atomic mass is 32.1. The number of thiophene rings is 1. The van der Waals surface area contributed by atoms with Gasteiger partial charge in [-0.2, -0.15) is 11.3 Å². The van der Waals surface area contributed by atoms with Gasteiger partial charge in [0.05, 0.1) is 0 Å². The lowest BCUT2D eigenvalue weighted by Gasteiger charge is -2.22. The number of hydrogen-bond donors (Lipinski definition) is 1. The highest BCUT2D eigenvalue weighted by Gasteiger charge is 2.14. The summed E-state index contributed by atoms with van der Waals surface area (Å²) in [6, 6.07) is 18.6. The van der Waals surface area contributed by atoms with E-state index in [2.05, 4.69) is 79.1 Å². The second-order valence-corrected chi connectivity index (χ2v) is 10.2. The fourth-order valence-corrected chi connectivity index (χ4v) is 4.15. The molecule has 0 atom stereocenters. The summed E-state index contributed by atoms with van der Waals surface area (Å²) >= 11 is 7.29. The summed E-state index contributed by atoms with van der Waals surface area (Å²) in [4.78, 5) is 4.21. The summed E-state index contributed by atoms with van der Waals surface area (Å²) in [5, 5.41) is 8.25. The second-order valence-electron chi connectivity index (χ2n) is 9.05. The van der Waals surface area contributed by atoms with E-state index in [0.717, 1.165) is 36.8 Å². The molecule has 170 valence electrons. The van der Waals surface area contributed by atoms with Crippen LogP contribution in [0.1, 0.15) is 31.9 Å². The van der Waals surface area contributed by atoms with Crippen molar-refractivity contribution in [2.24, 2.45) is 0 Å². The summed E-state index contributed by atoms with van der Waals surface area (Å²) in [5.41, 5.74) is 4.79. The Morgan fingerprint density at radius 1 is 1.06 bits per heavy atom. The van der Waals surface area contributed by atoms with Crippen LogP contribution in [0.3, 0.4) is 0 Å². The third-order valence-electron chi connectivity index (χ3n) is 5.29. The SMILES string of the molecule is CN(CCNc1cccc(N(C)C(=S)Oc2ccc(C(C)(C)C)cc2)c1)Cc1ccsc1. The lowest BCUT2D eigenvalue weighted by molar-refractivity contribution is 0.340. The molecule has 0 saturated heterocycles. The molecule has 6 heteroatoms. The van der Waals surface area contributed by atoms with Crippen LogP contribution in [0.15, 0.2) is 65.4 Å². The predicted octanol–water partition coefficient (Wildman–Crippen LogP) is 6.39. The number of ether oxygens (including phenoxy) is 1. The van der Waals surface area contributed by atoms with E-state index in [1.165, 1.54) is 11.1 Å². The summed E-state index contributed by atoms with van der Waals surface area (Å²) < 4.78 is 5.93. The Kier molecular flexibility index (Phi) is 8.29. The molecule has 2 aromatic carbocycles. The second kappa shape index (κ2) is 10.9. The van der Waals surface area contributed by atoms with Gasteiger partial charge in [0.2, 0.25) is 0 Å². The van der Waals surface area contributed by atoms with Crippen molar-refractivity contribution in [2.45, 2.75) is 32.7 Å². The fraction of sp³-hybridized carbons (Fsp3) is 0.346. The lowest BCUT2D eigenvalue weighted by Crippen LogP contribution is -2.29.